The Morgan fingerprint density at radius 3 is 1.64 bits per heavy atom. The molecule has 0 unspecified atom stereocenters. The van der Waals surface area contributed by atoms with E-state index in [1.54, 1.807) is 31.1 Å². The Bertz CT molecular complexity index is 1120. The molecule has 0 aliphatic rings. The maximum absolute atomic E-state index is 12.9. The van der Waals surface area contributed by atoms with Gasteiger partial charge in [0.25, 0.3) is 20.2 Å². The number of nitrogens with zero attached hydrogens (tertiary/aromatic N) is 2. The number of rotatable bonds is 6. The van der Waals surface area contributed by atoms with Crippen molar-refractivity contribution < 1.29 is 30.7 Å². The molecular weight excluding hydrogens is 408 g/mol. The van der Waals surface area contributed by atoms with E-state index in [9.17, 15) is 30.7 Å². The van der Waals surface area contributed by atoms with Crippen LogP contribution in [0.2, 0.25) is 0 Å². The number of hydrogen-bond donors (Lipinski definition) is 2. The number of anilines is 2. The van der Waals surface area contributed by atoms with Crippen LogP contribution in [0, 0.1) is 0 Å². The second-order valence-electron chi connectivity index (χ2n) is 6.41. The summed E-state index contributed by atoms with van der Waals surface area (Å²) < 4.78 is 67.0. The van der Waals surface area contributed by atoms with E-state index < -0.39 is 41.4 Å². The molecule has 0 saturated heterocycles. The van der Waals surface area contributed by atoms with Crippen molar-refractivity contribution in [3.63, 3.8) is 0 Å². The molecule has 0 radical (unpaired) electrons. The minimum atomic E-state index is -5.17. The first-order chi connectivity index (χ1) is 12.7. The maximum Gasteiger partial charge on any atom is 0.298 e. The fourth-order valence-electron chi connectivity index (χ4n) is 2.66. The summed E-state index contributed by atoms with van der Waals surface area (Å²) in [6.07, 6.45) is 0. The van der Waals surface area contributed by atoms with Gasteiger partial charge in [-0.3, -0.25) is 13.9 Å². The van der Waals surface area contributed by atoms with Crippen LogP contribution in [0.4, 0.5) is 11.4 Å². The topological polar surface area (TPSA) is 132 Å². The van der Waals surface area contributed by atoms with Gasteiger partial charge in [-0.15, -0.1) is 0 Å². The highest BCUT2D eigenvalue weighted by Crippen LogP contribution is 2.34. The molecule has 0 saturated carbocycles. The van der Waals surface area contributed by atoms with E-state index >= 15 is 0 Å². The lowest BCUT2D eigenvalue weighted by Crippen LogP contribution is -2.20. The predicted octanol–water partition coefficient (Wildman–Crippen LogP) is 1.54. The molecule has 28 heavy (non-hydrogen) atoms. The molecule has 11 heteroatoms. The highest BCUT2D eigenvalue weighted by Gasteiger charge is 2.33. The molecule has 152 valence electrons. The Hall–Kier alpha value is -2.47. The van der Waals surface area contributed by atoms with Gasteiger partial charge in [0, 0.05) is 45.0 Å². The first-order valence-corrected chi connectivity index (χ1v) is 10.7. The summed E-state index contributed by atoms with van der Waals surface area (Å²) >= 11 is 0. The van der Waals surface area contributed by atoms with Crippen molar-refractivity contribution in [3.05, 3.63) is 47.5 Å². The van der Waals surface area contributed by atoms with Crippen LogP contribution in [0.5, 0.6) is 0 Å². The fourth-order valence-corrected chi connectivity index (χ4v) is 4.92. The van der Waals surface area contributed by atoms with Crippen LogP contribution < -0.4 is 9.80 Å². The summed E-state index contributed by atoms with van der Waals surface area (Å²) in [5.41, 5.74) is 0.0930. The standard InChI is InChI=1S/C17H20N2O7S2/c1-18(2)12-7-5-11(6-8-12)15(20)13-9-10-14(19(3)4)17(28(24,25)26)16(13)27(21,22)23/h5-10H,1-4H3,(H,21,22,23)(H,24,25,26). The van der Waals surface area contributed by atoms with E-state index in [4.69, 9.17) is 0 Å². The molecule has 0 fully saturated rings. The monoisotopic (exact) mass is 428 g/mol. The molecule has 0 aliphatic heterocycles. The average Bonchev–Trinajstić information content (AvgIpc) is 2.58. The second-order valence-corrected chi connectivity index (χ2v) is 9.12. The molecule has 9 nitrogen and oxygen atoms in total. The fraction of sp³-hybridized carbons (Fsp3) is 0.235. The van der Waals surface area contributed by atoms with Crippen molar-refractivity contribution >= 4 is 37.4 Å². The summed E-state index contributed by atoms with van der Waals surface area (Å²) in [6, 6.07) is 8.40. The third-order valence-electron chi connectivity index (χ3n) is 3.98. The van der Waals surface area contributed by atoms with E-state index in [0.29, 0.717) is 0 Å². The van der Waals surface area contributed by atoms with Gasteiger partial charge in [0.1, 0.15) is 9.79 Å². The minimum Gasteiger partial charge on any atom is -0.378 e. The molecule has 0 amide bonds. The first-order valence-electron chi connectivity index (χ1n) is 7.86. The third-order valence-corrected chi connectivity index (χ3v) is 5.98. The van der Waals surface area contributed by atoms with Gasteiger partial charge in [-0.05, 0) is 36.4 Å². The summed E-state index contributed by atoms with van der Waals surface area (Å²) in [6.45, 7) is 0. The van der Waals surface area contributed by atoms with Crippen LogP contribution in [0.3, 0.4) is 0 Å². The summed E-state index contributed by atoms with van der Waals surface area (Å²) in [4.78, 5) is 13.7. The van der Waals surface area contributed by atoms with Gasteiger partial charge in [0.15, 0.2) is 5.78 Å². The predicted molar refractivity (Wildman–Crippen MR) is 105 cm³/mol. The zero-order valence-corrected chi connectivity index (χ0v) is 17.2. The van der Waals surface area contributed by atoms with Gasteiger partial charge < -0.3 is 9.80 Å². The zero-order chi connectivity index (χ0) is 21.4. The van der Waals surface area contributed by atoms with Crippen molar-refractivity contribution in [1.82, 2.24) is 0 Å². The SMILES string of the molecule is CN(C)c1ccc(C(=O)c2ccc(N(C)C)c(S(=O)(=O)O)c2S(=O)(=O)O)cc1. The maximum atomic E-state index is 12.9. The van der Waals surface area contributed by atoms with E-state index in [1.807, 2.05) is 0 Å². The molecule has 0 heterocycles. The number of ketones is 1. The molecule has 0 atom stereocenters. The second kappa shape index (κ2) is 7.51. The van der Waals surface area contributed by atoms with E-state index in [-0.39, 0.29) is 11.3 Å². The molecular formula is C17H20N2O7S2. The van der Waals surface area contributed by atoms with Crippen LogP contribution in [0.1, 0.15) is 15.9 Å². The third kappa shape index (κ3) is 4.33. The van der Waals surface area contributed by atoms with Gasteiger partial charge in [0.2, 0.25) is 0 Å². The lowest BCUT2D eigenvalue weighted by molar-refractivity contribution is 0.103. The van der Waals surface area contributed by atoms with Crippen molar-refractivity contribution in [2.45, 2.75) is 9.79 Å². The first kappa shape index (κ1) is 21.8. The number of hydrogen-bond acceptors (Lipinski definition) is 7. The Balaban J connectivity index is 2.83. The van der Waals surface area contributed by atoms with E-state index in [1.165, 1.54) is 37.2 Å². The smallest absolute Gasteiger partial charge is 0.298 e. The normalized spacial score (nSPS) is 11.9. The molecule has 2 aromatic rings. The van der Waals surface area contributed by atoms with Gasteiger partial charge >= 0.3 is 0 Å². The molecule has 0 aliphatic carbocycles. The van der Waals surface area contributed by atoms with Crippen molar-refractivity contribution in [1.29, 1.82) is 0 Å². The van der Waals surface area contributed by atoms with Gasteiger partial charge in [0.05, 0.1) is 5.69 Å². The molecule has 0 aromatic heterocycles. The van der Waals surface area contributed by atoms with Gasteiger partial charge in [-0.25, -0.2) is 0 Å². The number of benzene rings is 2. The summed E-state index contributed by atoms with van der Waals surface area (Å²) in [7, 11) is -3.83. The van der Waals surface area contributed by atoms with Crippen LogP contribution in [0.25, 0.3) is 0 Å². The molecule has 0 spiro atoms. The largest absolute Gasteiger partial charge is 0.378 e. The van der Waals surface area contributed by atoms with Gasteiger partial charge in [-0.2, -0.15) is 16.8 Å². The minimum absolute atomic E-state index is 0.0781. The lowest BCUT2D eigenvalue weighted by atomic mass is 10.0. The van der Waals surface area contributed by atoms with Crippen LogP contribution in [-0.2, 0) is 20.2 Å². The molecule has 2 aromatic carbocycles. The quantitative estimate of drug-likeness (QED) is 0.519. The van der Waals surface area contributed by atoms with Crippen LogP contribution >= 0.6 is 0 Å². The van der Waals surface area contributed by atoms with Crippen LogP contribution in [0.15, 0.2) is 46.2 Å². The lowest BCUT2D eigenvalue weighted by Gasteiger charge is -2.19. The van der Waals surface area contributed by atoms with E-state index in [0.717, 1.165) is 11.8 Å². The van der Waals surface area contributed by atoms with Gasteiger partial charge in [-0.1, -0.05) is 0 Å². The molecule has 2 rings (SSSR count). The summed E-state index contributed by atoms with van der Waals surface area (Å²) in [5.74, 6) is -0.826. The summed E-state index contributed by atoms with van der Waals surface area (Å²) in [5, 5.41) is 0. The molecule has 2 N–H and O–H groups in total. The Morgan fingerprint density at radius 1 is 0.750 bits per heavy atom. The average molecular weight is 428 g/mol. The Kier molecular flexibility index (Phi) is 5.85. The van der Waals surface area contributed by atoms with Crippen molar-refractivity contribution in [2.24, 2.45) is 0 Å². The van der Waals surface area contributed by atoms with Crippen LogP contribution in [-0.4, -0.2) is 59.9 Å². The Morgan fingerprint density at radius 2 is 1.25 bits per heavy atom. The number of carbonyl (C=O) groups is 1. The highest BCUT2D eigenvalue weighted by atomic mass is 32.2. The highest BCUT2D eigenvalue weighted by molar-refractivity contribution is 7.89. The molecule has 0 bridgehead atoms. The Labute approximate surface area is 163 Å². The number of carbonyl (C=O) groups excluding carboxylic acids is 1. The van der Waals surface area contributed by atoms with Crippen molar-refractivity contribution in [3.8, 4) is 0 Å². The zero-order valence-electron chi connectivity index (χ0n) is 15.6. The van der Waals surface area contributed by atoms with Crippen molar-refractivity contribution in [2.75, 3.05) is 38.0 Å². The van der Waals surface area contributed by atoms with E-state index in [2.05, 4.69) is 0 Å².